The summed E-state index contributed by atoms with van der Waals surface area (Å²) in [7, 11) is 5.35. The number of nitrogens with zero attached hydrogens (tertiary/aromatic N) is 3. The van der Waals surface area contributed by atoms with Crippen molar-refractivity contribution in [1.29, 1.82) is 0 Å². The minimum Gasteiger partial charge on any atom is -0.496 e. The molecule has 116 valence electrons. The lowest BCUT2D eigenvalue weighted by Gasteiger charge is -2.15. The van der Waals surface area contributed by atoms with Gasteiger partial charge in [-0.15, -0.1) is 0 Å². The Hall–Kier alpha value is -2.63. The molecule has 0 saturated carbocycles. The van der Waals surface area contributed by atoms with Crippen LogP contribution in [0, 0.1) is 0 Å². The van der Waals surface area contributed by atoms with Crippen LogP contribution in [0.1, 0.15) is 15.9 Å². The minimum absolute atomic E-state index is 0.472. The zero-order valence-electron chi connectivity index (χ0n) is 13.0. The second-order valence-corrected chi connectivity index (χ2v) is 4.97. The number of para-hydroxylation sites is 1. The molecule has 0 aliphatic heterocycles. The van der Waals surface area contributed by atoms with Gasteiger partial charge in [0.1, 0.15) is 11.6 Å². The van der Waals surface area contributed by atoms with Gasteiger partial charge in [0.2, 0.25) is 5.95 Å². The standard InChI is InChI=1S/C16H20N4O2/c1-20(2)15-13(11-21)10-18-16(19-15)17-9-8-12-6-4-5-7-14(12)22-3/h4-7,10-11H,8-9H2,1-3H3,(H,17,18,19). The number of ether oxygens (including phenoxy) is 1. The monoisotopic (exact) mass is 300 g/mol. The third-order valence-electron chi connectivity index (χ3n) is 3.22. The van der Waals surface area contributed by atoms with Crippen molar-refractivity contribution in [2.45, 2.75) is 6.42 Å². The molecule has 0 saturated heterocycles. The molecule has 1 heterocycles. The first-order valence-corrected chi connectivity index (χ1v) is 7.01. The minimum atomic E-state index is 0.472. The van der Waals surface area contributed by atoms with Crippen LogP contribution in [0.3, 0.4) is 0 Å². The first kappa shape index (κ1) is 15.8. The molecule has 1 aromatic heterocycles. The summed E-state index contributed by atoms with van der Waals surface area (Å²) >= 11 is 0. The van der Waals surface area contributed by atoms with Crippen LogP contribution in [0.25, 0.3) is 0 Å². The molecule has 1 N–H and O–H groups in total. The number of benzene rings is 1. The van der Waals surface area contributed by atoms with Crippen molar-refractivity contribution < 1.29 is 9.53 Å². The van der Waals surface area contributed by atoms with Crippen LogP contribution in [-0.2, 0) is 6.42 Å². The molecular weight excluding hydrogens is 280 g/mol. The summed E-state index contributed by atoms with van der Waals surface area (Å²) in [5.74, 6) is 1.98. The molecule has 0 amide bonds. The first-order chi connectivity index (χ1) is 10.7. The van der Waals surface area contributed by atoms with Gasteiger partial charge < -0.3 is 15.0 Å². The number of hydrogen-bond donors (Lipinski definition) is 1. The van der Waals surface area contributed by atoms with Crippen molar-refractivity contribution in [2.75, 3.05) is 38.0 Å². The molecule has 1 aromatic carbocycles. The van der Waals surface area contributed by atoms with Crippen LogP contribution < -0.4 is 15.0 Å². The number of aromatic nitrogens is 2. The topological polar surface area (TPSA) is 67.3 Å². The Morgan fingerprint density at radius 1 is 1.32 bits per heavy atom. The number of aldehydes is 1. The van der Waals surface area contributed by atoms with Gasteiger partial charge >= 0.3 is 0 Å². The summed E-state index contributed by atoms with van der Waals surface area (Å²) in [6.45, 7) is 0.674. The van der Waals surface area contributed by atoms with Gasteiger partial charge in [0.05, 0.1) is 12.7 Å². The quantitative estimate of drug-likeness (QED) is 0.789. The highest BCUT2D eigenvalue weighted by molar-refractivity contribution is 5.82. The maximum Gasteiger partial charge on any atom is 0.224 e. The smallest absolute Gasteiger partial charge is 0.224 e. The highest BCUT2D eigenvalue weighted by Crippen LogP contribution is 2.18. The fraction of sp³-hybridized carbons (Fsp3) is 0.312. The van der Waals surface area contributed by atoms with Gasteiger partial charge in [-0.1, -0.05) is 18.2 Å². The predicted molar refractivity (Wildman–Crippen MR) is 86.9 cm³/mol. The molecule has 0 bridgehead atoms. The van der Waals surface area contributed by atoms with Crippen LogP contribution in [-0.4, -0.2) is 44.0 Å². The SMILES string of the molecule is COc1ccccc1CCNc1ncc(C=O)c(N(C)C)n1. The zero-order chi connectivity index (χ0) is 15.9. The van der Waals surface area contributed by atoms with Crippen LogP contribution in [0.4, 0.5) is 11.8 Å². The number of nitrogens with one attached hydrogen (secondary N) is 1. The lowest BCUT2D eigenvalue weighted by molar-refractivity contribution is 0.112. The lowest BCUT2D eigenvalue weighted by atomic mass is 10.1. The zero-order valence-corrected chi connectivity index (χ0v) is 13.0. The predicted octanol–water partition coefficient (Wildman–Crippen LogP) is 2.02. The van der Waals surface area contributed by atoms with Gasteiger partial charge in [-0.2, -0.15) is 4.98 Å². The van der Waals surface area contributed by atoms with E-state index in [2.05, 4.69) is 15.3 Å². The normalized spacial score (nSPS) is 10.1. The molecule has 2 aromatic rings. The number of carbonyl (C=O) groups excluding carboxylic acids is 1. The van der Waals surface area contributed by atoms with E-state index in [1.54, 1.807) is 12.0 Å². The van der Waals surface area contributed by atoms with Crippen molar-refractivity contribution in [3.63, 3.8) is 0 Å². The van der Waals surface area contributed by atoms with Crippen LogP contribution in [0.2, 0.25) is 0 Å². The molecule has 0 aliphatic rings. The second kappa shape index (κ2) is 7.40. The molecule has 0 aliphatic carbocycles. The van der Waals surface area contributed by atoms with Gasteiger partial charge in [0.25, 0.3) is 0 Å². The van der Waals surface area contributed by atoms with Crippen LogP contribution in [0.15, 0.2) is 30.5 Å². The van der Waals surface area contributed by atoms with E-state index in [9.17, 15) is 4.79 Å². The molecule has 2 rings (SSSR count). The molecule has 6 heteroatoms. The summed E-state index contributed by atoms with van der Waals surface area (Å²) in [5.41, 5.74) is 1.59. The van der Waals surface area contributed by atoms with E-state index in [-0.39, 0.29) is 0 Å². The third-order valence-corrected chi connectivity index (χ3v) is 3.22. The van der Waals surface area contributed by atoms with Crippen molar-refractivity contribution >= 4 is 18.1 Å². The molecular formula is C16H20N4O2. The average Bonchev–Trinajstić information content (AvgIpc) is 2.55. The van der Waals surface area contributed by atoms with Crippen molar-refractivity contribution in [1.82, 2.24) is 9.97 Å². The fourth-order valence-electron chi connectivity index (χ4n) is 2.13. The summed E-state index contributed by atoms with van der Waals surface area (Å²) in [6.07, 6.45) is 3.08. The van der Waals surface area contributed by atoms with Crippen molar-refractivity contribution in [2.24, 2.45) is 0 Å². The third kappa shape index (κ3) is 3.72. The molecule has 0 unspecified atom stereocenters. The van der Waals surface area contributed by atoms with Crippen LogP contribution in [0.5, 0.6) is 5.75 Å². The number of hydrogen-bond acceptors (Lipinski definition) is 6. The molecule has 22 heavy (non-hydrogen) atoms. The van der Waals surface area contributed by atoms with Gasteiger partial charge in [0.15, 0.2) is 6.29 Å². The lowest BCUT2D eigenvalue weighted by Crippen LogP contribution is -2.16. The van der Waals surface area contributed by atoms with Gasteiger partial charge in [-0.05, 0) is 18.1 Å². The summed E-state index contributed by atoms with van der Waals surface area (Å²) in [6, 6.07) is 7.90. The first-order valence-electron chi connectivity index (χ1n) is 7.01. The Kier molecular flexibility index (Phi) is 5.30. The Balaban J connectivity index is 2.03. The molecule has 0 spiro atoms. The fourth-order valence-corrected chi connectivity index (χ4v) is 2.13. The Morgan fingerprint density at radius 3 is 2.77 bits per heavy atom. The van der Waals surface area contributed by atoms with Gasteiger partial charge in [-0.3, -0.25) is 4.79 Å². The van der Waals surface area contributed by atoms with E-state index in [4.69, 9.17) is 4.74 Å². The maximum absolute atomic E-state index is 11.0. The molecule has 6 nitrogen and oxygen atoms in total. The van der Waals surface area contributed by atoms with E-state index >= 15 is 0 Å². The Bertz CT molecular complexity index is 644. The van der Waals surface area contributed by atoms with Gasteiger partial charge in [0, 0.05) is 26.8 Å². The molecule has 0 atom stereocenters. The van der Waals surface area contributed by atoms with Crippen molar-refractivity contribution in [3.8, 4) is 5.75 Å². The van der Waals surface area contributed by atoms with Crippen molar-refractivity contribution in [3.05, 3.63) is 41.6 Å². The van der Waals surface area contributed by atoms with E-state index in [1.807, 2.05) is 38.4 Å². The Labute approximate surface area is 130 Å². The average molecular weight is 300 g/mol. The highest BCUT2D eigenvalue weighted by Gasteiger charge is 2.08. The summed E-state index contributed by atoms with van der Waals surface area (Å²) in [4.78, 5) is 21.3. The second-order valence-electron chi connectivity index (χ2n) is 4.97. The number of carbonyl (C=O) groups is 1. The van der Waals surface area contributed by atoms with E-state index in [1.165, 1.54) is 6.20 Å². The highest BCUT2D eigenvalue weighted by atomic mass is 16.5. The van der Waals surface area contributed by atoms with E-state index in [0.29, 0.717) is 23.9 Å². The molecule has 0 fully saturated rings. The number of rotatable bonds is 7. The Morgan fingerprint density at radius 2 is 2.09 bits per heavy atom. The number of anilines is 2. The largest absolute Gasteiger partial charge is 0.496 e. The summed E-state index contributed by atoms with van der Waals surface area (Å²) < 4.78 is 5.32. The van der Waals surface area contributed by atoms with E-state index < -0.39 is 0 Å². The number of methoxy groups -OCH3 is 1. The van der Waals surface area contributed by atoms with E-state index in [0.717, 1.165) is 24.0 Å². The molecule has 0 radical (unpaired) electrons. The van der Waals surface area contributed by atoms with Crippen LogP contribution >= 0.6 is 0 Å². The maximum atomic E-state index is 11.0. The van der Waals surface area contributed by atoms with Gasteiger partial charge in [-0.25, -0.2) is 4.98 Å². The summed E-state index contributed by atoms with van der Waals surface area (Å²) in [5, 5.41) is 3.17.